The van der Waals surface area contributed by atoms with Crippen LogP contribution in [-0.4, -0.2) is 24.9 Å². The second-order valence-electron chi connectivity index (χ2n) is 12.9. The Morgan fingerprint density at radius 3 is 1.38 bits per heavy atom. The first-order valence-corrected chi connectivity index (χ1v) is 17.5. The summed E-state index contributed by atoms with van der Waals surface area (Å²) < 4.78 is 6.27. The first-order valence-electron chi connectivity index (χ1n) is 17.5. The van der Waals surface area contributed by atoms with E-state index in [9.17, 15) is 0 Å². The van der Waals surface area contributed by atoms with E-state index < -0.39 is 0 Å². The molecule has 3 aromatic heterocycles. The number of para-hydroxylation sites is 1. The van der Waals surface area contributed by atoms with Gasteiger partial charge in [0.05, 0.1) is 11.2 Å². The van der Waals surface area contributed by atoms with Gasteiger partial charge in [0.15, 0.2) is 23.1 Å². The minimum atomic E-state index is 0.606. The van der Waals surface area contributed by atoms with Crippen molar-refractivity contribution < 1.29 is 4.42 Å². The monoisotopic (exact) mass is 679 g/mol. The van der Waals surface area contributed by atoms with Gasteiger partial charge >= 0.3 is 0 Å². The average Bonchev–Trinajstić information content (AvgIpc) is 3.69. The fourth-order valence-electron chi connectivity index (χ4n) is 6.92. The molecule has 0 atom stereocenters. The highest BCUT2D eigenvalue weighted by molar-refractivity contribution is 6.20. The van der Waals surface area contributed by atoms with Crippen molar-refractivity contribution in [3.05, 3.63) is 176 Å². The number of benzene rings is 7. The van der Waals surface area contributed by atoms with Crippen LogP contribution in [0.4, 0.5) is 0 Å². The number of nitrogens with zero attached hydrogens (tertiary/aromatic N) is 5. The van der Waals surface area contributed by atoms with Crippen LogP contribution in [0.3, 0.4) is 0 Å². The minimum absolute atomic E-state index is 0.606. The van der Waals surface area contributed by atoms with Gasteiger partial charge in [-0.05, 0) is 41.5 Å². The van der Waals surface area contributed by atoms with Crippen molar-refractivity contribution in [1.29, 1.82) is 0 Å². The number of oxazole rings is 1. The second kappa shape index (κ2) is 12.8. The van der Waals surface area contributed by atoms with Crippen molar-refractivity contribution >= 4 is 32.8 Å². The van der Waals surface area contributed by atoms with Crippen molar-refractivity contribution in [3.8, 4) is 68.0 Å². The molecule has 3 heterocycles. The highest BCUT2D eigenvalue weighted by atomic mass is 16.3. The Morgan fingerprint density at radius 2 is 0.792 bits per heavy atom. The molecule has 0 radical (unpaired) electrons. The van der Waals surface area contributed by atoms with Crippen LogP contribution >= 0.6 is 0 Å². The molecule has 0 aliphatic carbocycles. The molecule has 0 aliphatic rings. The van der Waals surface area contributed by atoms with Crippen LogP contribution in [0.5, 0.6) is 0 Å². The third-order valence-corrected chi connectivity index (χ3v) is 9.58. The van der Waals surface area contributed by atoms with E-state index in [0.717, 1.165) is 77.4 Å². The summed E-state index contributed by atoms with van der Waals surface area (Å²) in [5.41, 5.74) is 10.4. The van der Waals surface area contributed by atoms with Crippen LogP contribution in [0.25, 0.3) is 101 Å². The first kappa shape index (κ1) is 30.5. The third kappa shape index (κ3) is 5.59. The maximum Gasteiger partial charge on any atom is 0.227 e. The lowest BCUT2D eigenvalue weighted by Gasteiger charge is -2.11. The SMILES string of the molecule is c1ccc(-c2nc(-c3ccccc3)nc(-c3ccc(-c4ccc(-c5nc6ccccc6c6c5ccc5oc(-c7ccccc7)nc56)cc4)cc3)n2)cc1. The molecule has 10 rings (SSSR count). The number of hydrogen-bond donors (Lipinski definition) is 0. The molecule has 0 N–H and O–H groups in total. The summed E-state index contributed by atoms with van der Waals surface area (Å²) in [6, 6.07) is 59.4. The van der Waals surface area contributed by atoms with Crippen molar-refractivity contribution in [3.63, 3.8) is 0 Å². The number of fused-ring (bicyclic) bond motifs is 5. The Labute approximate surface area is 305 Å². The molecule has 6 heteroatoms. The lowest BCUT2D eigenvalue weighted by Crippen LogP contribution is -2.00. The lowest BCUT2D eigenvalue weighted by molar-refractivity contribution is 0.620. The fraction of sp³-hybridized carbons (Fsp3) is 0. The quantitative estimate of drug-likeness (QED) is 0.163. The van der Waals surface area contributed by atoms with E-state index in [2.05, 4.69) is 66.7 Å². The highest BCUT2D eigenvalue weighted by Gasteiger charge is 2.18. The second-order valence-corrected chi connectivity index (χ2v) is 12.9. The summed E-state index contributed by atoms with van der Waals surface area (Å²) >= 11 is 0. The Bertz CT molecular complexity index is 2850. The maximum absolute atomic E-state index is 6.27. The number of hydrogen-bond acceptors (Lipinski definition) is 6. The molecule has 0 saturated carbocycles. The molecule has 0 aliphatic heterocycles. The summed E-state index contributed by atoms with van der Waals surface area (Å²) in [4.78, 5) is 24.8. The predicted molar refractivity (Wildman–Crippen MR) is 213 cm³/mol. The average molecular weight is 680 g/mol. The standard InChI is InChI=1S/C47H29N5O/c1-4-12-33(13-5-1)44-50-45(34-14-6-2-7-15-34)52-46(51-44)35-26-22-31(23-27-35)30-20-24-32(25-21-30)42-38-28-29-40-43(41(38)37-18-10-11-19-39(37)48-42)49-47(53-40)36-16-8-3-9-17-36/h1-29H. The van der Waals surface area contributed by atoms with Crippen LogP contribution in [0.15, 0.2) is 180 Å². The maximum atomic E-state index is 6.27. The molecule has 0 bridgehead atoms. The topological polar surface area (TPSA) is 77.6 Å². The van der Waals surface area contributed by atoms with Gasteiger partial charge in [0.25, 0.3) is 0 Å². The van der Waals surface area contributed by atoms with E-state index in [-0.39, 0.29) is 0 Å². The molecule has 0 fully saturated rings. The Kier molecular flexibility index (Phi) is 7.36. The van der Waals surface area contributed by atoms with Crippen LogP contribution < -0.4 is 0 Å². The fourth-order valence-corrected chi connectivity index (χ4v) is 6.92. The highest BCUT2D eigenvalue weighted by Crippen LogP contribution is 2.39. The molecule has 6 nitrogen and oxygen atoms in total. The summed E-state index contributed by atoms with van der Waals surface area (Å²) in [6.45, 7) is 0. The van der Waals surface area contributed by atoms with E-state index in [1.54, 1.807) is 0 Å². The largest absolute Gasteiger partial charge is 0.436 e. The van der Waals surface area contributed by atoms with E-state index >= 15 is 0 Å². The zero-order valence-electron chi connectivity index (χ0n) is 28.4. The summed E-state index contributed by atoms with van der Waals surface area (Å²) in [5, 5.41) is 3.12. The molecule has 0 saturated heterocycles. The van der Waals surface area contributed by atoms with Gasteiger partial charge in [-0.1, -0.05) is 146 Å². The van der Waals surface area contributed by atoms with Gasteiger partial charge < -0.3 is 4.42 Å². The van der Waals surface area contributed by atoms with E-state index in [0.29, 0.717) is 23.4 Å². The minimum Gasteiger partial charge on any atom is -0.436 e. The van der Waals surface area contributed by atoms with Gasteiger partial charge in [-0.3, -0.25) is 0 Å². The zero-order valence-corrected chi connectivity index (χ0v) is 28.4. The van der Waals surface area contributed by atoms with Crippen LogP contribution in [0.1, 0.15) is 0 Å². The molecule has 53 heavy (non-hydrogen) atoms. The third-order valence-electron chi connectivity index (χ3n) is 9.58. The molecule has 248 valence electrons. The molecule has 0 spiro atoms. The van der Waals surface area contributed by atoms with Gasteiger partial charge in [0, 0.05) is 44.0 Å². The normalized spacial score (nSPS) is 11.4. The smallest absolute Gasteiger partial charge is 0.227 e. The van der Waals surface area contributed by atoms with E-state index in [1.807, 2.05) is 109 Å². The Balaban J connectivity index is 1.01. The van der Waals surface area contributed by atoms with E-state index in [4.69, 9.17) is 29.3 Å². The van der Waals surface area contributed by atoms with Crippen LogP contribution in [0.2, 0.25) is 0 Å². The van der Waals surface area contributed by atoms with Gasteiger partial charge in [0.2, 0.25) is 5.89 Å². The Hall–Kier alpha value is -7.31. The summed E-state index contributed by atoms with van der Waals surface area (Å²) in [6.07, 6.45) is 0. The first-order chi connectivity index (χ1) is 26.2. The molecule has 10 aromatic rings. The lowest BCUT2D eigenvalue weighted by atomic mass is 9.97. The summed E-state index contributed by atoms with van der Waals surface area (Å²) in [5.74, 6) is 2.52. The number of aromatic nitrogens is 5. The zero-order chi connectivity index (χ0) is 35.1. The van der Waals surface area contributed by atoms with Gasteiger partial charge in [-0.25, -0.2) is 24.9 Å². The van der Waals surface area contributed by atoms with E-state index in [1.165, 1.54) is 0 Å². The van der Waals surface area contributed by atoms with Crippen molar-refractivity contribution in [2.45, 2.75) is 0 Å². The Morgan fingerprint density at radius 1 is 0.321 bits per heavy atom. The van der Waals surface area contributed by atoms with Crippen molar-refractivity contribution in [2.24, 2.45) is 0 Å². The number of rotatable bonds is 6. The molecule has 0 unspecified atom stereocenters. The van der Waals surface area contributed by atoms with Gasteiger partial charge in [-0.2, -0.15) is 0 Å². The van der Waals surface area contributed by atoms with Gasteiger partial charge in [0.1, 0.15) is 5.52 Å². The predicted octanol–water partition coefficient (Wildman–Crippen LogP) is 11.7. The van der Waals surface area contributed by atoms with Crippen molar-refractivity contribution in [2.75, 3.05) is 0 Å². The molecule has 0 amide bonds. The molecular weight excluding hydrogens is 651 g/mol. The summed E-state index contributed by atoms with van der Waals surface area (Å²) in [7, 11) is 0. The molecular formula is C47H29N5O. The number of pyridine rings is 1. The van der Waals surface area contributed by atoms with Gasteiger partial charge in [-0.15, -0.1) is 0 Å². The van der Waals surface area contributed by atoms with Crippen molar-refractivity contribution in [1.82, 2.24) is 24.9 Å². The molecule has 7 aromatic carbocycles. The van der Waals surface area contributed by atoms with Crippen LogP contribution in [0, 0.1) is 0 Å². The van der Waals surface area contributed by atoms with Crippen LogP contribution in [-0.2, 0) is 0 Å².